The van der Waals surface area contributed by atoms with E-state index in [0.717, 1.165) is 12.8 Å². The van der Waals surface area contributed by atoms with E-state index in [0.29, 0.717) is 12.3 Å². The molecule has 1 aliphatic rings. The highest BCUT2D eigenvalue weighted by Crippen LogP contribution is 2.19. The van der Waals surface area contributed by atoms with Crippen LogP contribution in [-0.2, 0) is 24.2 Å². The van der Waals surface area contributed by atoms with Crippen molar-refractivity contribution < 1.29 is 4.79 Å². The van der Waals surface area contributed by atoms with Crippen LogP contribution in [0.1, 0.15) is 38.1 Å². The van der Waals surface area contributed by atoms with Crippen LogP contribution in [0.3, 0.4) is 0 Å². The molecule has 0 atom stereocenters. The molecule has 0 bridgehead atoms. The van der Waals surface area contributed by atoms with Crippen molar-refractivity contribution in [2.75, 3.05) is 0 Å². The molecule has 0 N–H and O–H groups in total. The lowest BCUT2D eigenvalue weighted by Crippen LogP contribution is -2.17. The Morgan fingerprint density at radius 3 is 2.93 bits per heavy atom. The van der Waals surface area contributed by atoms with E-state index >= 15 is 0 Å². The number of aromatic nitrogens is 2. The van der Waals surface area contributed by atoms with Gasteiger partial charge in [0.1, 0.15) is 0 Å². The SMILES string of the molecule is CC(C)C(=O)Cn1cnc2c1CCCC2. The molecule has 82 valence electrons. The van der Waals surface area contributed by atoms with Crippen LogP contribution in [0.4, 0.5) is 0 Å². The lowest BCUT2D eigenvalue weighted by Gasteiger charge is -2.14. The zero-order valence-electron chi connectivity index (χ0n) is 9.49. The molecule has 1 heterocycles. The second kappa shape index (κ2) is 4.17. The predicted octanol–water partition coefficient (Wildman–Crippen LogP) is 1.99. The van der Waals surface area contributed by atoms with E-state index in [9.17, 15) is 4.79 Å². The maximum absolute atomic E-state index is 11.6. The summed E-state index contributed by atoms with van der Waals surface area (Å²) in [6, 6.07) is 0. The van der Waals surface area contributed by atoms with Gasteiger partial charge in [-0.15, -0.1) is 0 Å². The zero-order chi connectivity index (χ0) is 10.8. The van der Waals surface area contributed by atoms with Gasteiger partial charge in [0.25, 0.3) is 0 Å². The average molecular weight is 206 g/mol. The summed E-state index contributed by atoms with van der Waals surface area (Å²) in [6.07, 6.45) is 6.46. The zero-order valence-corrected chi connectivity index (χ0v) is 9.49. The van der Waals surface area contributed by atoms with Gasteiger partial charge in [0.15, 0.2) is 5.78 Å². The van der Waals surface area contributed by atoms with Gasteiger partial charge < -0.3 is 4.57 Å². The summed E-state index contributed by atoms with van der Waals surface area (Å²) in [5.74, 6) is 0.410. The van der Waals surface area contributed by atoms with E-state index in [1.807, 2.05) is 24.7 Å². The maximum Gasteiger partial charge on any atom is 0.155 e. The number of fused-ring (bicyclic) bond motifs is 1. The van der Waals surface area contributed by atoms with Crippen molar-refractivity contribution in [2.24, 2.45) is 5.92 Å². The molecule has 3 nitrogen and oxygen atoms in total. The molecular weight excluding hydrogens is 188 g/mol. The molecule has 0 spiro atoms. The van der Waals surface area contributed by atoms with Crippen LogP contribution in [0.25, 0.3) is 0 Å². The molecule has 1 aromatic heterocycles. The van der Waals surface area contributed by atoms with Gasteiger partial charge >= 0.3 is 0 Å². The van der Waals surface area contributed by atoms with Crippen LogP contribution in [0.5, 0.6) is 0 Å². The largest absolute Gasteiger partial charge is 0.327 e. The first kappa shape index (κ1) is 10.4. The number of imidazole rings is 1. The molecular formula is C12H18N2O. The molecule has 0 amide bonds. The van der Waals surface area contributed by atoms with E-state index in [2.05, 4.69) is 4.98 Å². The maximum atomic E-state index is 11.6. The number of carbonyl (C=O) groups excluding carboxylic acids is 1. The molecule has 1 aliphatic carbocycles. The van der Waals surface area contributed by atoms with Gasteiger partial charge in [0, 0.05) is 11.6 Å². The number of nitrogens with zero attached hydrogens (tertiary/aromatic N) is 2. The highest BCUT2D eigenvalue weighted by atomic mass is 16.1. The molecule has 0 saturated carbocycles. The Kier molecular flexibility index (Phi) is 2.89. The first-order chi connectivity index (χ1) is 7.18. The minimum absolute atomic E-state index is 0.117. The molecule has 0 fully saturated rings. The van der Waals surface area contributed by atoms with Crippen molar-refractivity contribution in [3.8, 4) is 0 Å². The van der Waals surface area contributed by atoms with Crippen molar-refractivity contribution >= 4 is 5.78 Å². The van der Waals surface area contributed by atoms with Gasteiger partial charge in [-0.1, -0.05) is 13.8 Å². The van der Waals surface area contributed by atoms with Crippen LogP contribution in [-0.4, -0.2) is 15.3 Å². The Hall–Kier alpha value is -1.12. The van der Waals surface area contributed by atoms with Crippen LogP contribution >= 0.6 is 0 Å². The highest BCUT2D eigenvalue weighted by Gasteiger charge is 2.17. The Labute approximate surface area is 90.5 Å². The topological polar surface area (TPSA) is 34.9 Å². The Bertz CT molecular complexity index is 366. The molecule has 0 saturated heterocycles. The van der Waals surface area contributed by atoms with Gasteiger partial charge in [-0.25, -0.2) is 4.98 Å². The van der Waals surface area contributed by atoms with Crippen LogP contribution < -0.4 is 0 Å². The Morgan fingerprint density at radius 1 is 1.47 bits per heavy atom. The molecule has 15 heavy (non-hydrogen) atoms. The summed E-state index contributed by atoms with van der Waals surface area (Å²) in [6.45, 7) is 4.40. The highest BCUT2D eigenvalue weighted by molar-refractivity contribution is 5.80. The van der Waals surface area contributed by atoms with Crippen LogP contribution in [0.15, 0.2) is 6.33 Å². The van der Waals surface area contributed by atoms with E-state index in [4.69, 9.17) is 0 Å². The molecule has 2 rings (SSSR count). The third-order valence-electron chi connectivity index (χ3n) is 3.08. The first-order valence-electron chi connectivity index (χ1n) is 5.74. The third-order valence-corrected chi connectivity index (χ3v) is 3.08. The van der Waals surface area contributed by atoms with Crippen LogP contribution in [0.2, 0.25) is 0 Å². The van der Waals surface area contributed by atoms with Crippen molar-refractivity contribution in [1.29, 1.82) is 0 Å². The van der Waals surface area contributed by atoms with Gasteiger partial charge in [0.2, 0.25) is 0 Å². The molecule has 0 unspecified atom stereocenters. The third kappa shape index (κ3) is 2.11. The Balaban J connectivity index is 2.15. The fraction of sp³-hybridized carbons (Fsp3) is 0.667. The number of hydrogen-bond donors (Lipinski definition) is 0. The number of carbonyl (C=O) groups is 1. The lowest BCUT2D eigenvalue weighted by atomic mass is 10.0. The summed E-state index contributed by atoms with van der Waals surface area (Å²) in [4.78, 5) is 16.0. The van der Waals surface area contributed by atoms with Gasteiger partial charge in [-0.05, 0) is 25.7 Å². The quantitative estimate of drug-likeness (QED) is 0.758. The average Bonchev–Trinajstić information content (AvgIpc) is 2.62. The van der Waals surface area contributed by atoms with Gasteiger partial charge in [0.05, 0.1) is 18.6 Å². The van der Waals surface area contributed by atoms with E-state index in [1.54, 1.807) is 0 Å². The van der Waals surface area contributed by atoms with Crippen molar-refractivity contribution in [3.63, 3.8) is 0 Å². The summed E-state index contributed by atoms with van der Waals surface area (Å²) in [5, 5.41) is 0. The van der Waals surface area contributed by atoms with Crippen molar-refractivity contribution in [3.05, 3.63) is 17.7 Å². The standard InChI is InChI=1S/C12H18N2O/c1-9(2)12(15)7-14-8-13-10-5-3-4-6-11(10)14/h8-9H,3-7H2,1-2H3. The second-order valence-corrected chi connectivity index (χ2v) is 4.59. The number of aryl methyl sites for hydroxylation is 1. The summed E-state index contributed by atoms with van der Waals surface area (Å²) in [7, 11) is 0. The van der Waals surface area contributed by atoms with E-state index in [1.165, 1.54) is 24.2 Å². The molecule has 0 aromatic carbocycles. The minimum atomic E-state index is 0.117. The second-order valence-electron chi connectivity index (χ2n) is 4.59. The van der Waals surface area contributed by atoms with Gasteiger partial charge in [-0.3, -0.25) is 4.79 Å². The number of hydrogen-bond acceptors (Lipinski definition) is 2. The monoisotopic (exact) mass is 206 g/mol. The normalized spacial score (nSPS) is 15.4. The Morgan fingerprint density at radius 2 is 2.20 bits per heavy atom. The molecule has 0 aliphatic heterocycles. The number of ketones is 1. The van der Waals surface area contributed by atoms with E-state index < -0.39 is 0 Å². The number of Topliss-reactive ketones (excluding diaryl/α,β-unsaturated/α-hetero) is 1. The fourth-order valence-electron chi connectivity index (χ4n) is 2.02. The minimum Gasteiger partial charge on any atom is -0.327 e. The van der Waals surface area contributed by atoms with Crippen molar-refractivity contribution in [1.82, 2.24) is 9.55 Å². The lowest BCUT2D eigenvalue weighted by molar-refractivity contribution is -0.122. The fourth-order valence-corrected chi connectivity index (χ4v) is 2.02. The molecule has 1 aromatic rings. The summed E-state index contributed by atoms with van der Waals surface area (Å²) < 4.78 is 2.04. The summed E-state index contributed by atoms with van der Waals surface area (Å²) >= 11 is 0. The summed E-state index contributed by atoms with van der Waals surface area (Å²) in [5.41, 5.74) is 2.49. The first-order valence-corrected chi connectivity index (χ1v) is 5.74. The smallest absolute Gasteiger partial charge is 0.155 e. The van der Waals surface area contributed by atoms with Crippen molar-refractivity contribution in [2.45, 2.75) is 46.1 Å². The number of rotatable bonds is 3. The molecule has 0 radical (unpaired) electrons. The van der Waals surface area contributed by atoms with E-state index in [-0.39, 0.29) is 5.92 Å². The van der Waals surface area contributed by atoms with Gasteiger partial charge in [-0.2, -0.15) is 0 Å². The predicted molar refractivity (Wildman–Crippen MR) is 58.7 cm³/mol. The molecule has 3 heteroatoms. The van der Waals surface area contributed by atoms with Crippen LogP contribution in [0, 0.1) is 5.92 Å².